The van der Waals surface area contributed by atoms with Crippen LogP contribution in [0.15, 0.2) is 12.1 Å². The third-order valence-corrected chi connectivity index (χ3v) is 2.49. The van der Waals surface area contributed by atoms with Crippen molar-refractivity contribution in [3.63, 3.8) is 0 Å². The van der Waals surface area contributed by atoms with Gasteiger partial charge in [0.05, 0.1) is 17.8 Å². The van der Waals surface area contributed by atoms with Crippen LogP contribution in [0.1, 0.15) is 31.1 Å². The van der Waals surface area contributed by atoms with Crippen LogP contribution in [0.4, 0.5) is 5.69 Å². The van der Waals surface area contributed by atoms with E-state index in [0.717, 1.165) is 0 Å². The van der Waals surface area contributed by atoms with Gasteiger partial charge in [0.1, 0.15) is 16.9 Å². The number of halogens is 1. The molecule has 1 N–H and O–H groups in total. The Morgan fingerprint density at radius 2 is 1.94 bits per heavy atom. The highest BCUT2D eigenvalue weighted by Crippen LogP contribution is 2.31. The summed E-state index contributed by atoms with van der Waals surface area (Å²) >= 11 is 6.05. The number of carbonyl (C=O) groups excluding carboxylic acids is 1. The van der Waals surface area contributed by atoms with Crippen LogP contribution >= 0.6 is 11.6 Å². The molecule has 0 heterocycles. The van der Waals surface area contributed by atoms with Gasteiger partial charge in [-0.1, -0.05) is 11.6 Å². The van der Waals surface area contributed by atoms with E-state index in [9.17, 15) is 4.79 Å². The van der Waals surface area contributed by atoms with Crippen LogP contribution in [0, 0.1) is 0 Å². The second-order valence-electron chi connectivity index (χ2n) is 4.78. The molecule has 0 saturated heterocycles. The van der Waals surface area contributed by atoms with Gasteiger partial charge in [-0.15, -0.1) is 0 Å². The average Bonchev–Trinajstić information content (AvgIpc) is 2.26. The number of carbonyl (C=O) groups is 1. The van der Waals surface area contributed by atoms with Crippen LogP contribution in [0.25, 0.3) is 0 Å². The Morgan fingerprint density at radius 1 is 1.33 bits per heavy atom. The van der Waals surface area contributed by atoms with Gasteiger partial charge in [-0.2, -0.15) is 0 Å². The lowest BCUT2D eigenvalue weighted by Crippen LogP contribution is -2.24. The number of esters is 1. The van der Waals surface area contributed by atoms with Crippen LogP contribution in [-0.4, -0.2) is 25.7 Å². The molecule has 18 heavy (non-hydrogen) atoms. The molecule has 1 rings (SSSR count). The fraction of sp³-hybridized carbons (Fsp3) is 0.462. The molecule has 4 nitrogen and oxygen atoms in total. The SMILES string of the molecule is CNc1cc(OC)c(C(=O)OC(C)(C)C)cc1Cl. The predicted molar refractivity (Wildman–Crippen MR) is 72.7 cm³/mol. The van der Waals surface area contributed by atoms with E-state index in [1.165, 1.54) is 7.11 Å². The van der Waals surface area contributed by atoms with Gasteiger partial charge >= 0.3 is 5.97 Å². The van der Waals surface area contributed by atoms with Crippen molar-refractivity contribution in [2.45, 2.75) is 26.4 Å². The summed E-state index contributed by atoms with van der Waals surface area (Å²) in [6, 6.07) is 3.21. The Hall–Kier alpha value is -1.42. The molecule has 0 aliphatic heterocycles. The smallest absolute Gasteiger partial charge is 0.342 e. The summed E-state index contributed by atoms with van der Waals surface area (Å²) < 4.78 is 10.5. The van der Waals surface area contributed by atoms with E-state index in [1.807, 2.05) is 0 Å². The van der Waals surface area contributed by atoms with Crippen LogP contribution < -0.4 is 10.1 Å². The first-order valence-corrected chi connectivity index (χ1v) is 5.95. The van der Waals surface area contributed by atoms with Gasteiger partial charge in [0.2, 0.25) is 0 Å². The first-order valence-electron chi connectivity index (χ1n) is 5.57. The van der Waals surface area contributed by atoms with E-state index in [2.05, 4.69) is 5.32 Å². The molecule has 1 aromatic rings. The number of methoxy groups -OCH3 is 1. The third kappa shape index (κ3) is 3.53. The molecule has 0 bridgehead atoms. The molecule has 100 valence electrons. The number of benzene rings is 1. The van der Waals surface area contributed by atoms with E-state index in [4.69, 9.17) is 21.1 Å². The van der Waals surface area contributed by atoms with Crippen molar-refractivity contribution in [3.8, 4) is 5.75 Å². The summed E-state index contributed by atoms with van der Waals surface area (Å²) in [6.07, 6.45) is 0. The van der Waals surface area contributed by atoms with Crippen molar-refractivity contribution in [1.29, 1.82) is 0 Å². The minimum Gasteiger partial charge on any atom is -0.496 e. The zero-order valence-corrected chi connectivity index (χ0v) is 12.0. The maximum absolute atomic E-state index is 12.0. The monoisotopic (exact) mass is 271 g/mol. The maximum Gasteiger partial charge on any atom is 0.342 e. The largest absolute Gasteiger partial charge is 0.496 e. The second kappa shape index (κ2) is 5.48. The zero-order valence-electron chi connectivity index (χ0n) is 11.3. The molecule has 0 aliphatic rings. The molecule has 0 fully saturated rings. The Morgan fingerprint density at radius 3 is 2.39 bits per heavy atom. The number of nitrogens with one attached hydrogen (secondary N) is 1. The molecule has 0 saturated carbocycles. The molecule has 0 aliphatic carbocycles. The fourth-order valence-electron chi connectivity index (χ4n) is 1.41. The molecule has 0 spiro atoms. The van der Waals surface area contributed by atoms with Crippen molar-refractivity contribution < 1.29 is 14.3 Å². The first kappa shape index (κ1) is 14.6. The summed E-state index contributed by atoms with van der Waals surface area (Å²) in [5.41, 5.74) is 0.452. The van der Waals surface area contributed by atoms with E-state index < -0.39 is 11.6 Å². The summed E-state index contributed by atoms with van der Waals surface area (Å²) in [5.74, 6) is -0.0260. The highest BCUT2D eigenvalue weighted by atomic mass is 35.5. The van der Waals surface area contributed by atoms with Crippen LogP contribution in [0.2, 0.25) is 5.02 Å². The molecule has 0 atom stereocenters. The molecule has 0 unspecified atom stereocenters. The van der Waals surface area contributed by atoms with Crippen LogP contribution in [-0.2, 0) is 4.74 Å². The van der Waals surface area contributed by atoms with Gasteiger partial charge in [-0.3, -0.25) is 0 Å². The number of anilines is 1. The minimum atomic E-state index is -0.559. The van der Waals surface area contributed by atoms with Gasteiger partial charge < -0.3 is 14.8 Å². The predicted octanol–water partition coefficient (Wildman–Crippen LogP) is 3.35. The van der Waals surface area contributed by atoms with Crippen molar-refractivity contribution in [3.05, 3.63) is 22.7 Å². The van der Waals surface area contributed by atoms with Gasteiger partial charge in [-0.25, -0.2) is 4.79 Å². The van der Waals surface area contributed by atoms with Crippen molar-refractivity contribution in [1.82, 2.24) is 0 Å². The lowest BCUT2D eigenvalue weighted by molar-refractivity contribution is 0.00666. The summed E-state index contributed by atoms with van der Waals surface area (Å²) in [7, 11) is 3.24. The Bertz CT molecular complexity index is 452. The van der Waals surface area contributed by atoms with E-state index in [0.29, 0.717) is 22.0 Å². The van der Waals surface area contributed by atoms with Gasteiger partial charge in [0, 0.05) is 13.1 Å². The third-order valence-electron chi connectivity index (χ3n) is 2.18. The van der Waals surface area contributed by atoms with Gasteiger partial charge in [-0.05, 0) is 26.8 Å². The van der Waals surface area contributed by atoms with E-state index in [-0.39, 0.29) is 0 Å². The number of rotatable bonds is 3. The lowest BCUT2D eigenvalue weighted by Gasteiger charge is -2.20. The van der Waals surface area contributed by atoms with E-state index >= 15 is 0 Å². The van der Waals surface area contributed by atoms with Crippen LogP contribution in [0.3, 0.4) is 0 Å². The number of ether oxygens (including phenoxy) is 2. The molecular weight excluding hydrogens is 254 g/mol. The van der Waals surface area contributed by atoms with Crippen LogP contribution in [0.5, 0.6) is 5.75 Å². The molecule has 5 heteroatoms. The quantitative estimate of drug-likeness (QED) is 0.857. The summed E-state index contributed by atoms with van der Waals surface area (Å²) in [5, 5.41) is 3.36. The zero-order chi connectivity index (χ0) is 13.9. The molecule has 0 amide bonds. The molecular formula is C13H18ClNO3. The normalized spacial score (nSPS) is 11.0. The van der Waals surface area contributed by atoms with Crippen molar-refractivity contribution >= 4 is 23.3 Å². The highest BCUT2D eigenvalue weighted by molar-refractivity contribution is 6.33. The fourth-order valence-corrected chi connectivity index (χ4v) is 1.66. The molecule has 1 aromatic carbocycles. The Balaban J connectivity index is 3.15. The van der Waals surface area contributed by atoms with Crippen molar-refractivity contribution in [2.24, 2.45) is 0 Å². The summed E-state index contributed by atoms with van der Waals surface area (Å²) in [6.45, 7) is 5.42. The number of hydrogen-bond donors (Lipinski definition) is 1. The molecule has 0 aromatic heterocycles. The minimum absolute atomic E-state index is 0.316. The molecule has 0 radical (unpaired) electrons. The van der Waals surface area contributed by atoms with E-state index in [1.54, 1.807) is 40.0 Å². The number of hydrogen-bond acceptors (Lipinski definition) is 4. The standard InChI is InChI=1S/C13H18ClNO3/c1-13(2,3)18-12(16)8-6-9(14)10(15-4)7-11(8)17-5/h6-7,15H,1-5H3. The average molecular weight is 272 g/mol. The maximum atomic E-state index is 12.0. The second-order valence-corrected chi connectivity index (χ2v) is 5.19. The van der Waals surface area contributed by atoms with Gasteiger partial charge in [0.25, 0.3) is 0 Å². The van der Waals surface area contributed by atoms with Crippen molar-refractivity contribution in [2.75, 3.05) is 19.5 Å². The Kier molecular flexibility index (Phi) is 4.46. The highest BCUT2D eigenvalue weighted by Gasteiger charge is 2.22. The Labute approximate surface area is 112 Å². The topological polar surface area (TPSA) is 47.6 Å². The first-order chi connectivity index (χ1) is 8.28. The summed E-state index contributed by atoms with van der Waals surface area (Å²) in [4.78, 5) is 12.0. The lowest BCUT2D eigenvalue weighted by atomic mass is 10.1. The van der Waals surface area contributed by atoms with Gasteiger partial charge in [0.15, 0.2) is 0 Å².